The van der Waals surface area contributed by atoms with Crippen molar-refractivity contribution in [2.45, 2.75) is 58.1 Å². The van der Waals surface area contributed by atoms with E-state index in [1.165, 1.54) is 8.61 Å². The molecule has 0 radical (unpaired) electrons. The van der Waals surface area contributed by atoms with Crippen LogP contribution in [-0.4, -0.2) is 54.4 Å². The first-order valence-electron chi connectivity index (χ1n) is 6.82. The number of nitrogens with zero attached hydrogens (tertiary/aromatic N) is 2. The molecule has 1 rings (SSSR count). The van der Waals surface area contributed by atoms with Crippen LogP contribution in [0, 0.1) is 0 Å². The van der Waals surface area contributed by atoms with Crippen LogP contribution in [0.15, 0.2) is 0 Å². The SMILES string of the molecule is CCCCN(C)S(=O)(=O)N1CCCCC1C(C)O. The molecule has 0 aliphatic carbocycles. The number of piperidine rings is 1. The van der Waals surface area contributed by atoms with Crippen LogP contribution in [-0.2, 0) is 10.2 Å². The first kappa shape index (κ1) is 15.9. The van der Waals surface area contributed by atoms with Crippen molar-refractivity contribution in [1.29, 1.82) is 0 Å². The Balaban J connectivity index is 2.80. The average Bonchev–Trinajstić information content (AvgIpc) is 2.35. The maximum Gasteiger partial charge on any atom is 0.282 e. The lowest BCUT2D eigenvalue weighted by molar-refractivity contribution is 0.0798. The molecule has 2 atom stereocenters. The van der Waals surface area contributed by atoms with E-state index in [2.05, 4.69) is 0 Å². The Labute approximate surface area is 111 Å². The fourth-order valence-corrected chi connectivity index (χ4v) is 4.08. The van der Waals surface area contributed by atoms with Gasteiger partial charge in [-0.25, -0.2) is 0 Å². The molecule has 0 amide bonds. The van der Waals surface area contributed by atoms with Gasteiger partial charge < -0.3 is 5.11 Å². The molecule has 1 saturated heterocycles. The summed E-state index contributed by atoms with van der Waals surface area (Å²) in [5.74, 6) is 0. The second-order valence-electron chi connectivity index (χ2n) is 5.10. The minimum atomic E-state index is -3.42. The van der Waals surface area contributed by atoms with Crippen LogP contribution in [0.5, 0.6) is 0 Å². The molecule has 1 aliphatic heterocycles. The van der Waals surface area contributed by atoms with Gasteiger partial charge in [-0.3, -0.25) is 0 Å². The normalized spacial score (nSPS) is 24.4. The van der Waals surface area contributed by atoms with Crippen molar-refractivity contribution in [3.05, 3.63) is 0 Å². The van der Waals surface area contributed by atoms with Crippen LogP contribution in [0.2, 0.25) is 0 Å². The topological polar surface area (TPSA) is 60.9 Å². The molecule has 0 aromatic heterocycles. The second-order valence-corrected chi connectivity index (χ2v) is 7.09. The molecule has 0 aromatic carbocycles. The molecule has 108 valence electrons. The van der Waals surface area contributed by atoms with Crippen molar-refractivity contribution in [3.8, 4) is 0 Å². The fourth-order valence-electron chi connectivity index (χ4n) is 2.37. The minimum absolute atomic E-state index is 0.271. The predicted molar refractivity (Wildman–Crippen MR) is 72.5 cm³/mol. The van der Waals surface area contributed by atoms with E-state index in [1.807, 2.05) is 6.92 Å². The predicted octanol–water partition coefficient (Wildman–Crippen LogP) is 1.20. The summed E-state index contributed by atoms with van der Waals surface area (Å²) >= 11 is 0. The van der Waals surface area contributed by atoms with E-state index in [0.717, 1.165) is 32.1 Å². The van der Waals surface area contributed by atoms with Crippen molar-refractivity contribution in [3.63, 3.8) is 0 Å². The minimum Gasteiger partial charge on any atom is -0.392 e. The van der Waals surface area contributed by atoms with Crippen molar-refractivity contribution < 1.29 is 13.5 Å². The molecule has 5 nitrogen and oxygen atoms in total. The molecule has 2 unspecified atom stereocenters. The second kappa shape index (κ2) is 6.84. The molecular weight excluding hydrogens is 252 g/mol. The number of aliphatic hydroxyl groups excluding tert-OH is 1. The van der Waals surface area contributed by atoms with Crippen molar-refractivity contribution in [2.24, 2.45) is 0 Å². The largest absolute Gasteiger partial charge is 0.392 e. The Hall–Kier alpha value is -0.170. The number of hydrogen-bond acceptors (Lipinski definition) is 3. The Bertz CT molecular complexity index is 343. The zero-order chi connectivity index (χ0) is 13.8. The van der Waals surface area contributed by atoms with E-state index in [4.69, 9.17) is 0 Å². The summed E-state index contributed by atoms with van der Waals surface area (Å²) in [6.45, 7) is 4.78. The van der Waals surface area contributed by atoms with E-state index in [0.29, 0.717) is 13.1 Å². The third-order valence-corrected chi connectivity index (χ3v) is 5.59. The molecule has 1 N–H and O–H groups in total. The third-order valence-electron chi connectivity index (χ3n) is 3.57. The average molecular weight is 278 g/mol. The quantitative estimate of drug-likeness (QED) is 0.794. The first-order valence-corrected chi connectivity index (χ1v) is 8.22. The zero-order valence-electron chi connectivity index (χ0n) is 11.7. The van der Waals surface area contributed by atoms with Gasteiger partial charge in [0.25, 0.3) is 10.2 Å². The zero-order valence-corrected chi connectivity index (χ0v) is 12.5. The van der Waals surface area contributed by atoms with Gasteiger partial charge >= 0.3 is 0 Å². The summed E-state index contributed by atoms with van der Waals surface area (Å²) in [4.78, 5) is 0. The maximum atomic E-state index is 12.4. The van der Waals surface area contributed by atoms with Gasteiger partial charge in [0.2, 0.25) is 0 Å². The van der Waals surface area contributed by atoms with Gasteiger partial charge in [-0.15, -0.1) is 0 Å². The number of aliphatic hydroxyl groups is 1. The Morgan fingerprint density at radius 1 is 1.44 bits per heavy atom. The smallest absolute Gasteiger partial charge is 0.282 e. The van der Waals surface area contributed by atoms with Gasteiger partial charge in [0, 0.05) is 20.1 Å². The number of rotatable bonds is 6. The molecule has 6 heteroatoms. The number of unbranched alkanes of at least 4 members (excludes halogenated alkanes) is 1. The van der Waals surface area contributed by atoms with Crippen molar-refractivity contribution in [2.75, 3.05) is 20.1 Å². The summed E-state index contributed by atoms with van der Waals surface area (Å²) in [6.07, 6.45) is 3.84. The fraction of sp³-hybridized carbons (Fsp3) is 1.00. The standard InChI is InChI=1S/C12H26N2O3S/c1-4-5-9-13(3)18(16,17)14-10-7-6-8-12(14)11(2)15/h11-12,15H,4-10H2,1-3H3. The highest BCUT2D eigenvalue weighted by Crippen LogP contribution is 2.24. The van der Waals surface area contributed by atoms with E-state index in [9.17, 15) is 13.5 Å². The van der Waals surface area contributed by atoms with Crippen LogP contribution >= 0.6 is 0 Å². The lowest BCUT2D eigenvalue weighted by Crippen LogP contribution is -2.53. The molecule has 0 spiro atoms. The van der Waals surface area contributed by atoms with Crippen LogP contribution in [0.1, 0.15) is 46.0 Å². The molecule has 1 fully saturated rings. The molecule has 1 aliphatic rings. The lowest BCUT2D eigenvalue weighted by Gasteiger charge is -2.38. The van der Waals surface area contributed by atoms with Crippen molar-refractivity contribution >= 4 is 10.2 Å². The Morgan fingerprint density at radius 2 is 2.11 bits per heavy atom. The molecule has 0 saturated carbocycles. The van der Waals surface area contributed by atoms with E-state index in [-0.39, 0.29) is 6.04 Å². The first-order chi connectivity index (χ1) is 8.41. The summed E-state index contributed by atoms with van der Waals surface area (Å²) in [7, 11) is -1.80. The van der Waals surface area contributed by atoms with Gasteiger partial charge in [-0.2, -0.15) is 17.0 Å². The van der Waals surface area contributed by atoms with E-state index in [1.54, 1.807) is 14.0 Å². The van der Waals surface area contributed by atoms with Crippen LogP contribution in [0.25, 0.3) is 0 Å². The lowest BCUT2D eigenvalue weighted by atomic mass is 10.0. The highest BCUT2D eigenvalue weighted by atomic mass is 32.2. The summed E-state index contributed by atoms with van der Waals surface area (Å²) in [5, 5.41) is 9.74. The molecular formula is C12H26N2O3S. The molecule has 0 aromatic rings. The third kappa shape index (κ3) is 3.66. The van der Waals surface area contributed by atoms with Gasteiger partial charge in [-0.05, 0) is 26.2 Å². The Morgan fingerprint density at radius 3 is 2.67 bits per heavy atom. The Kier molecular flexibility index (Phi) is 6.04. The summed E-state index contributed by atoms with van der Waals surface area (Å²) in [5.41, 5.74) is 0. The van der Waals surface area contributed by atoms with Crippen LogP contribution in [0.3, 0.4) is 0 Å². The maximum absolute atomic E-state index is 12.4. The van der Waals surface area contributed by atoms with Gasteiger partial charge in [0.05, 0.1) is 12.1 Å². The molecule has 0 bridgehead atoms. The molecule has 1 heterocycles. The number of hydrogen-bond donors (Lipinski definition) is 1. The highest BCUT2D eigenvalue weighted by molar-refractivity contribution is 7.86. The van der Waals surface area contributed by atoms with Crippen LogP contribution < -0.4 is 0 Å². The molecule has 18 heavy (non-hydrogen) atoms. The monoisotopic (exact) mass is 278 g/mol. The van der Waals surface area contributed by atoms with Gasteiger partial charge in [0.15, 0.2) is 0 Å². The highest BCUT2D eigenvalue weighted by Gasteiger charge is 2.36. The van der Waals surface area contributed by atoms with Gasteiger partial charge in [-0.1, -0.05) is 19.8 Å². The van der Waals surface area contributed by atoms with Gasteiger partial charge in [0.1, 0.15) is 0 Å². The summed E-state index contributed by atoms with van der Waals surface area (Å²) in [6, 6.07) is -0.271. The van der Waals surface area contributed by atoms with Crippen LogP contribution in [0.4, 0.5) is 0 Å². The van der Waals surface area contributed by atoms with Crippen molar-refractivity contribution in [1.82, 2.24) is 8.61 Å². The van der Waals surface area contributed by atoms with E-state index >= 15 is 0 Å². The summed E-state index contributed by atoms with van der Waals surface area (Å²) < 4.78 is 27.8. The van der Waals surface area contributed by atoms with E-state index < -0.39 is 16.3 Å².